The lowest BCUT2D eigenvalue weighted by atomic mass is 9.67. The van der Waals surface area contributed by atoms with Crippen molar-refractivity contribution in [3.8, 4) is 0 Å². The average Bonchev–Trinajstić information content (AvgIpc) is 2.62. The maximum Gasteiger partial charge on any atom is 0.0635 e. The summed E-state index contributed by atoms with van der Waals surface area (Å²) in [6, 6.07) is 17.6. The number of halogens is 1. The number of ether oxygens (including phenoxy) is 1. The Hall–Kier alpha value is -1.35. The molecule has 1 heterocycles. The van der Waals surface area contributed by atoms with E-state index in [9.17, 15) is 0 Å². The molecule has 2 atom stereocenters. The van der Waals surface area contributed by atoms with Crippen LogP contribution in [0.1, 0.15) is 62.8 Å². The summed E-state index contributed by atoms with van der Waals surface area (Å²) in [7, 11) is 0. The van der Waals surface area contributed by atoms with Crippen molar-refractivity contribution in [2.45, 2.75) is 64.0 Å². The van der Waals surface area contributed by atoms with Crippen LogP contribution in [0.25, 0.3) is 0 Å². The van der Waals surface area contributed by atoms with Gasteiger partial charge in [0.05, 0.1) is 5.60 Å². The van der Waals surface area contributed by atoms with Gasteiger partial charge in [-0.25, -0.2) is 0 Å². The van der Waals surface area contributed by atoms with E-state index in [4.69, 9.17) is 16.3 Å². The summed E-state index contributed by atoms with van der Waals surface area (Å²) in [5.41, 5.74) is 4.13. The summed E-state index contributed by atoms with van der Waals surface area (Å²) < 4.78 is 6.04. The smallest absolute Gasteiger partial charge is 0.0635 e. The van der Waals surface area contributed by atoms with Gasteiger partial charge in [0.25, 0.3) is 0 Å². The van der Waals surface area contributed by atoms with Gasteiger partial charge < -0.3 is 10.1 Å². The summed E-state index contributed by atoms with van der Waals surface area (Å²) in [6.45, 7) is 10.6. The largest absolute Gasteiger partial charge is 0.376 e. The van der Waals surface area contributed by atoms with Crippen LogP contribution < -0.4 is 5.32 Å². The van der Waals surface area contributed by atoms with Gasteiger partial charge in [0.1, 0.15) is 0 Å². The number of rotatable bonds is 6. The third-order valence-electron chi connectivity index (χ3n) is 5.93. The lowest BCUT2D eigenvalue weighted by molar-refractivity contribution is -0.0840. The van der Waals surface area contributed by atoms with Crippen LogP contribution >= 0.6 is 11.6 Å². The number of hydrogen-bond donors (Lipinski definition) is 1. The van der Waals surface area contributed by atoms with Crippen LogP contribution in [0.4, 0.5) is 0 Å². The number of hydrogen-bond acceptors (Lipinski definition) is 2. The number of benzene rings is 2. The van der Waals surface area contributed by atoms with Crippen molar-refractivity contribution >= 4 is 11.6 Å². The second-order valence-electron chi connectivity index (χ2n) is 8.66. The minimum Gasteiger partial charge on any atom is -0.376 e. The molecule has 0 radical (unpaired) electrons. The Kier molecular flexibility index (Phi) is 6.30. The average molecular weight is 386 g/mol. The Morgan fingerprint density at radius 3 is 2.37 bits per heavy atom. The zero-order valence-corrected chi connectivity index (χ0v) is 17.8. The van der Waals surface area contributed by atoms with Crippen molar-refractivity contribution in [2.24, 2.45) is 0 Å². The minimum absolute atomic E-state index is 0.0784. The lowest BCUT2D eigenvalue weighted by Crippen LogP contribution is -2.45. The van der Waals surface area contributed by atoms with Crippen molar-refractivity contribution in [2.75, 3.05) is 13.2 Å². The second kappa shape index (κ2) is 8.34. The normalized spacial score (nSPS) is 23.1. The quantitative estimate of drug-likeness (QED) is 0.637. The Labute approximate surface area is 169 Å². The fraction of sp³-hybridized carbons (Fsp3) is 0.500. The van der Waals surface area contributed by atoms with Gasteiger partial charge in [0.15, 0.2) is 0 Å². The first-order valence-electron chi connectivity index (χ1n) is 10.00. The maximum absolute atomic E-state index is 6.04. The van der Waals surface area contributed by atoms with Gasteiger partial charge in [0.2, 0.25) is 0 Å². The Morgan fingerprint density at radius 1 is 1.07 bits per heavy atom. The highest BCUT2D eigenvalue weighted by molar-refractivity contribution is 6.30. The Bertz CT molecular complexity index is 738. The molecule has 0 bridgehead atoms. The highest BCUT2D eigenvalue weighted by atomic mass is 35.5. The highest BCUT2D eigenvalue weighted by Crippen LogP contribution is 2.44. The van der Waals surface area contributed by atoms with E-state index in [1.165, 1.54) is 16.7 Å². The Balaban J connectivity index is 1.72. The van der Waals surface area contributed by atoms with Gasteiger partial charge in [0, 0.05) is 23.1 Å². The van der Waals surface area contributed by atoms with E-state index in [2.05, 4.69) is 69.4 Å². The van der Waals surface area contributed by atoms with Gasteiger partial charge in [-0.2, -0.15) is 0 Å². The predicted octanol–water partition coefficient (Wildman–Crippen LogP) is 6.22. The van der Waals surface area contributed by atoms with Gasteiger partial charge >= 0.3 is 0 Å². The van der Waals surface area contributed by atoms with Crippen LogP contribution in [-0.4, -0.2) is 18.8 Å². The van der Waals surface area contributed by atoms with Crippen molar-refractivity contribution in [1.82, 2.24) is 5.32 Å². The topological polar surface area (TPSA) is 21.3 Å². The zero-order valence-electron chi connectivity index (χ0n) is 17.0. The van der Waals surface area contributed by atoms with E-state index in [1.807, 2.05) is 12.1 Å². The molecule has 3 heteroatoms. The van der Waals surface area contributed by atoms with E-state index in [0.717, 1.165) is 37.4 Å². The summed E-state index contributed by atoms with van der Waals surface area (Å²) in [4.78, 5) is 0. The van der Waals surface area contributed by atoms with Crippen LogP contribution in [0.15, 0.2) is 48.5 Å². The molecule has 1 fully saturated rings. The molecular weight excluding hydrogens is 354 g/mol. The minimum atomic E-state index is -0.0784. The van der Waals surface area contributed by atoms with Crippen LogP contribution in [-0.2, 0) is 10.2 Å². The summed E-state index contributed by atoms with van der Waals surface area (Å²) in [6.07, 6.45) is 3.25. The molecule has 146 valence electrons. The van der Waals surface area contributed by atoms with E-state index in [1.54, 1.807) is 0 Å². The first-order chi connectivity index (χ1) is 12.8. The SMILES string of the molecule is Cc1ccc([C@]2(CCN[C@H](C)c3ccc(Cl)cc3)CCOC(C)(C)C2)cc1. The van der Waals surface area contributed by atoms with Gasteiger partial charge in [-0.05, 0) is 76.8 Å². The molecule has 0 saturated carbocycles. The molecule has 27 heavy (non-hydrogen) atoms. The molecule has 1 aliphatic rings. The standard InChI is InChI=1S/C24H32ClNO/c1-18-5-9-21(10-6-18)24(14-16-27-23(3,4)17-24)13-15-26-19(2)20-7-11-22(25)12-8-20/h5-12,19,26H,13-17H2,1-4H3/t19-,24-/m1/s1. The van der Waals surface area contributed by atoms with Crippen molar-refractivity contribution in [1.29, 1.82) is 0 Å². The summed E-state index contributed by atoms with van der Waals surface area (Å²) in [5.74, 6) is 0. The fourth-order valence-electron chi connectivity index (χ4n) is 4.39. The molecule has 1 aliphatic heterocycles. The van der Waals surface area contributed by atoms with Gasteiger partial charge in [-0.3, -0.25) is 0 Å². The lowest BCUT2D eigenvalue weighted by Gasteiger charge is -2.46. The van der Waals surface area contributed by atoms with E-state index >= 15 is 0 Å². The monoisotopic (exact) mass is 385 g/mol. The fourth-order valence-corrected chi connectivity index (χ4v) is 4.51. The van der Waals surface area contributed by atoms with Crippen LogP contribution in [0.2, 0.25) is 5.02 Å². The van der Waals surface area contributed by atoms with E-state index in [-0.39, 0.29) is 11.0 Å². The van der Waals surface area contributed by atoms with Crippen molar-refractivity contribution in [3.05, 3.63) is 70.2 Å². The molecule has 0 amide bonds. The number of nitrogens with one attached hydrogen (secondary N) is 1. The molecule has 0 unspecified atom stereocenters. The first kappa shape index (κ1) is 20.4. The third-order valence-corrected chi connectivity index (χ3v) is 6.18. The summed E-state index contributed by atoms with van der Waals surface area (Å²) in [5, 5.41) is 4.50. The molecule has 0 aliphatic carbocycles. The second-order valence-corrected chi connectivity index (χ2v) is 9.10. The maximum atomic E-state index is 6.04. The molecule has 3 rings (SSSR count). The predicted molar refractivity (Wildman–Crippen MR) is 115 cm³/mol. The molecule has 2 aromatic carbocycles. The van der Waals surface area contributed by atoms with Gasteiger partial charge in [-0.1, -0.05) is 53.6 Å². The molecule has 0 aromatic heterocycles. The van der Waals surface area contributed by atoms with Crippen LogP contribution in [0.5, 0.6) is 0 Å². The molecule has 2 nitrogen and oxygen atoms in total. The summed E-state index contributed by atoms with van der Waals surface area (Å²) >= 11 is 6.01. The van der Waals surface area contributed by atoms with E-state index in [0.29, 0.717) is 6.04 Å². The molecule has 0 spiro atoms. The Morgan fingerprint density at radius 2 is 1.74 bits per heavy atom. The first-order valence-corrected chi connectivity index (χ1v) is 10.4. The zero-order chi connectivity index (χ0) is 19.5. The van der Waals surface area contributed by atoms with Gasteiger partial charge in [-0.15, -0.1) is 0 Å². The van der Waals surface area contributed by atoms with Crippen LogP contribution in [0, 0.1) is 6.92 Å². The van der Waals surface area contributed by atoms with Crippen LogP contribution in [0.3, 0.4) is 0 Å². The highest BCUT2D eigenvalue weighted by Gasteiger charge is 2.41. The molecule has 1 N–H and O–H groups in total. The van der Waals surface area contributed by atoms with E-state index < -0.39 is 0 Å². The number of aryl methyl sites for hydroxylation is 1. The molecule has 1 saturated heterocycles. The van der Waals surface area contributed by atoms with Crippen molar-refractivity contribution in [3.63, 3.8) is 0 Å². The molecule has 2 aromatic rings. The third kappa shape index (κ3) is 5.13. The molecular formula is C24H32ClNO. The van der Waals surface area contributed by atoms with Crippen molar-refractivity contribution < 1.29 is 4.74 Å².